The molecular weight excluding hydrogens is 376 g/mol. The summed E-state index contributed by atoms with van der Waals surface area (Å²) in [4.78, 5) is 18.1. The van der Waals surface area contributed by atoms with Gasteiger partial charge >= 0.3 is 0 Å². The summed E-state index contributed by atoms with van der Waals surface area (Å²) >= 11 is 0. The van der Waals surface area contributed by atoms with Crippen LogP contribution in [0.4, 0.5) is 0 Å². The third kappa shape index (κ3) is 3.14. The van der Waals surface area contributed by atoms with Crippen molar-refractivity contribution in [3.8, 4) is 17.2 Å². The highest BCUT2D eigenvalue weighted by Gasteiger charge is 2.14. The first-order valence-electron chi connectivity index (χ1n) is 9.77. The molecule has 0 atom stereocenters. The maximum atomic E-state index is 13.4. The molecule has 0 fully saturated rings. The molecule has 5 nitrogen and oxygen atoms in total. The molecule has 0 N–H and O–H groups in total. The molecule has 0 spiro atoms. The van der Waals surface area contributed by atoms with Gasteiger partial charge in [-0.15, -0.1) is 0 Å². The van der Waals surface area contributed by atoms with E-state index in [0.29, 0.717) is 16.7 Å². The van der Waals surface area contributed by atoms with Crippen molar-refractivity contribution in [1.82, 2.24) is 9.55 Å². The van der Waals surface area contributed by atoms with Crippen molar-refractivity contribution in [3.63, 3.8) is 0 Å². The molecule has 0 aliphatic carbocycles. The Kier molecular flexibility index (Phi) is 4.36. The molecule has 0 saturated carbocycles. The summed E-state index contributed by atoms with van der Waals surface area (Å²) in [6, 6.07) is 19.2. The predicted molar refractivity (Wildman–Crippen MR) is 118 cm³/mol. The molecule has 2 heterocycles. The lowest BCUT2D eigenvalue weighted by molar-refractivity contribution is 0.174. The fourth-order valence-electron chi connectivity index (χ4n) is 3.56. The van der Waals surface area contributed by atoms with E-state index in [9.17, 15) is 4.79 Å². The number of rotatable bonds is 3. The third-order valence-electron chi connectivity index (χ3n) is 5.37. The van der Waals surface area contributed by atoms with Gasteiger partial charge in [0.15, 0.2) is 11.5 Å². The van der Waals surface area contributed by atoms with Crippen LogP contribution in [0.15, 0.2) is 65.5 Å². The second-order valence-electron chi connectivity index (χ2n) is 7.34. The summed E-state index contributed by atoms with van der Waals surface area (Å²) in [6.45, 7) is 4.34. The number of fused-ring (bicyclic) bond motifs is 2. The maximum absolute atomic E-state index is 13.4. The van der Waals surface area contributed by atoms with Crippen molar-refractivity contribution in [2.75, 3.05) is 6.79 Å². The number of para-hydroxylation sites is 1. The van der Waals surface area contributed by atoms with Gasteiger partial charge in [0.05, 0.1) is 16.6 Å². The fourth-order valence-corrected chi connectivity index (χ4v) is 3.56. The average molecular weight is 396 g/mol. The van der Waals surface area contributed by atoms with Gasteiger partial charge in [0, 0.05) is 0 Å². The van der Waals surface area contributed by atoms with E-state index < -0.39 is 0 Å². The SMILES string of the molecule is Cc1ccc(-n2c(C=Cc3ccc4c(c3)OCO4)nc3ccccc3c2=O)cc1C. The summed E-state index contributed by atoms with van der Waals surface area (Å²) in [5.41, 5.74) is 4.62. The van der Waals surface area contributed by atoms with Crippen molar-refractivity contribution < 1.29 is 9.47 Å². The Hall–Kier alpha value is -3.86. The normalized spacial score (nSPS) is 12.7. The number of hydrogen-bond donors (Lipinski definition) is 0. The fraction of sp³-hybridized carbons (Fsp3) is 0.120. The lowest BCUT2D eigenvalue weighted by atomic mass is 10.1. The van der Waals surface area contributed by atoms with Gasteiger partial charge in [0.2, 0.25) is 6.79 Å². The third-order valence-corrected chi connectivity index (χ3v) is 5.37. The Labute approximate surface area is 173 Å². The first kappa shape index (κ1) is 18.2. The Morgan fingerprint density at radius 3 is 2.60 bits per heavy atom. The lowest BCUT2D eigenvalue weighted by Gasteiger charge is -2.13. The standard InChI is InChI=1S/C25H20N2O3/c1-16-7-10-19(13-17(16)2)27-24(26-21-6-4-3-5-20(21)25(27)28)12-9-18-8-11-22-23(14-18)30-15-29-22/h3-14H,15H2,1-2H3. The van der Waals surface area contributed by atoms with Gasteiger partial charge in [-0.3, -0.25) is 9.36 Å². The Morgan fingerprint density at radius 1 is 0.900 bits per heavy atom. The highest BCUT2D eigenvalue weighted by molar-refractivity contribution is 5.80. The summed E-state index contributed by atoms with van der Waals surface area (Å²) in [7, 11) is 0. The van der Waals surface area contributed by atoms with Crippen molar-refractivity contribution >= 4 is 23.1 Å². The van der Waals surface area contributed by atoms with E-state index in [1.807, 2.05) is 79.7 Å². The highest BCUT2D eigenvalue weighted by Crippen LogP contribution is 2.33. The molecule has 1 aliphatic heterocycles. The van der Waals surface area contributed by atoms with Crippen LogP contribution < -0.4 is 15.0 Å². The molecule has 1 aromatic heterocycles. The number of hydrogen-bond acceptors (Lipinski definition) is 4. The molecular formula is C25H20N2O3. The molecule has 3 aromatic carbocycles. The summed E-state index contributed by atoms with van der Waals surface area (Å²) in [6.07, 6.45) is 3.79. The first-order chi connectivity index (χ1) is 14.6. The Morgan fingerprint density at radius 2 is 1.73 bits per heavy atom. The van der Waals surface area contributed by atoms with E-state index in [1.54, 1.807) is 4.57 Å². The lowest BCUT2D eigenvalue weighted by Crippen LogP contribution is -2.22. The minimum Gasteiger partial charge on any atom is -0.454 e. The Bertz CT molecular complexity index is 1370. The second-order valence-corrected chi connectivity index (χ2v) is 7.34. The number of aromatic nitrogens is 2. The largest absolute Gasteiger partial charge is 0.454 e. The molecule has 5 heteroatoms. The van der Waals surface area contributed by atoms with Crippen LogP contribution in [0.2, 0.25) is 0 Å². The van der Waals surface area contributed by atoms with Crippen LogP contribution in [0.25, 0.3) is 28.7 Å². The van der Waals surface area contributed by atoms with E-state index in [4.69, 9.17) is 14.5 Å². The van der Waals surface area contributed by atoms with Crippen molar-refractivity contribution in [2.45, 2.75) is 13.8 Å². The molecule has 148 valence electrons. The summed E-state index contributed by atoms with van der Waals surface area (Å²) in [5, 5.41) is 0.593. The Balaban J connectivity index is 1.68. The molecule has 4 aromatic rings. The van der Waals surface area contributed by atoms with Gasteiger partial charge in [-0.25, -0.2) is 4.98 Å². The van der Waals surface area contributed by atoms with Gasteiger partial charge < -0.3 is 9.47 Å². The second kappa shape index (κ2) is 7.19. The quantitative estimate of drug-likeness (QED) is 0.494. The van der Waals surface area contributed by atoms with Gasteiger partial charge in [-0.2, -0.15) is 0 Å². The van der Waals surface area contributed by atoms with Crippen LogP contribution in [-0.2, 0) is 0 Å². The number of nitrogens with zero attached hydrogens (tertiary/aromatic N) is 2. The molecule has 5 rings (SSSR count). The van der Waals surface area contributed by atoms with Crippen LogP contribution in [0.5, 0.6) is 11.5 Å². The van der Waals surface area contributed by atoms with Crippen LogP contribution in [0.1, 0.15) is 22.5 Å². The predicted octanol–water partition coefficient (Wildman–Crippen LogP) is 4.90. The van der Waals surface area contributed by atoms with Crippen molar-refractivity contribution in [3.05, 3.63) is 93.5 Å². The maximum Gasteiger partial charge on any atom is 0.266 e. The summed E-state index contributed by atoms with van der Waals surface area (Å²) < 4.78 is 12.5. The first-order valence-corrected chi connectivity index (χ1v) is 9.77. The molecule has 0 radical (unpaired) electrons. The zero-order valence-corrected chi connectivity index (χ0v) is 16.8. The molecule has 0 unspecified atom stereocenters. The van der Waals surface area contributed by atoms with Gasteiger partial charge in [-0.05, 0) is 73.0 Å². The van der Waals surface area contributed by atoms with E-state index >= 15 is 0 Å². The van der Waals surface area contributed by atoms with Crippen LogP contribution in [0, 0.1) is 13.8 Å². The number of benzene rings is 3. The van der Waals surface area contributed by atoms with Crippen molar-refractivity contribution in [1.29, 1.82) is 0 Å². The van der Waals surface area contributed by atoms with E-state index in [1.165, 1.54) is 5.56 Å². The van der Waals surface area contributed by atoms with E-state index in [2.05, 4.69) is 6.92 Å². The molecule has 0 amide bonds. The zero-order valence-electron chi connectivity index (χ0n) is 16.8. The van der Waals surface area contributed by atoms with Crippen molar-refractivity contribution in [2.24, 2.45) is 0 Å². The highest BCUT2D eigenvalue weighted by atomic mass is 16.7. The van der Waals surface area contributed by atoms with Crippen LogP contribution >= 0.6 is 0 Å². The smallest absolute Gasteiger partial charge is 0.266 e. The van der Waals surface area contributed by atoms with Crippen LogP contribution in [-0.4, -0.2) is 16.3 Å². The zero-order chi connectivity index (χ0) is 20.7. The topological polar surface area (TPSA) is 53.4 Å². The monoisotopic (exact) mass is 396 g/mol. The van der Waals surface area contributed by atoms with E-state index in [-0.39, 0.29) is 12.4 Å². The summed E-state index contributed by atoms with van der Waals surface area (Å²) in [5.74, 6) is 2.03. The van der Waals surface area contributed by atoms with Crippen LogP contribution in [0.3, 0.4) is 0 Å². The van der Waals surface area contributed by atoms with Gasteiger partial charge in [0.1, 0.15) is 5.82 Å². The number of aryl methyl sites for hydroxylation is 2. The van der Waals surface area contributed by atoms with Gasteiger partial charge in [-0.1, -0.05) is 30.3 Å². The molecule has 30 heavy (non-hydrogen) atoms. The minimum absolute atomic E-state index is 0.0887. The number of ether oxygens (including phenoxy) is 2. The molecule has 0 bridgehead atoms. The van der Waals surface area contributed by atoms with E-state index in [0.717, 1.165) is 28.3 Å². The molecule has 0 saturated heterocycles. The molecule has 1 aliphatic rings. The minimum atomic E-state index is -0.0887. The van der Waals surface area contributed by atoms with Gasteiger partial charge in [0.25, 0.3) is 5.56 Å². The average Bonchev–Trinajstić information content (AvgIpc) is 3.22.